The second-order valence-corrected chi connectivity index (χ2v) is 8.49. The molecule has 1 aromatic heterocycles. The minimum Gasteiger partial charge on any atom is -0.312 e. The molecule has 3 rings (SSSR count). The normalized spacial score (nSPS) is 21.0. The quantitative estimate of drug-likeness (QED) is 0.931. The van der Waals surface area contributed by atoms with Crippen LogP contribution in [-0.2, 0) is 16.4 Å². The van der Waals surface area contributed by atoms with Crippen molar-refractivity contribution in [1.29, 1.82) is 0 Å². The van der Waals surface area contributed by atoms with Gasteiger partial charge in [0.05, 0.1) is 17.0 Å². The molecule has 1 fully saturated rings. The molecule has 1 aliphatic rings. The molecule has 0 bridgehead atoms. The van der Waals surface area contributed by atoms with Gasteiger partial charge in [-0.05, 0) is 37.4 Å². The van der Waals surface area contributed by atoms with Crippen LogP contribution in [-0.4, -0.2) is 31.5 Å². The number of hydrogen-bond donors (Lipinski definition) is 1. The monoisotopic (exact) mass is 338 g/mol. The molecule has 1 aliphatic heterocycles. The summed E-state index contributed by atoms with van der Waals surface area (Å²) < 4.78 is 23.3. The molecule has 2 heterocycles. The Hall–Kier alpha value is -1.17. The second-order valence-electron chi connectivity index (χ2n) is 5.85. The van der Waals surface area contributed by atoms with E-state index in [1.54, 1.807) is 6.20 Å². The molecule has 0 spiro atoms. The third-order valence-electron chi connectivity index (χ3n) is 4.11. The van der Waals surface area contributed by atoms with Crippen molar-refractivity contribution in [2.45, 2.75) is 19.4 Å². The number of halogens is 1. The van der Waals surface area contributed by atoms with Gasteiger partial charge < -0.3 is 5.32 Å². The van der Waals surface area contributed by atoms with Crippen LogP contribution in [0.4, 0.5) is 0 Å². The van der Waals surface area contributed by atoms with E-state index in [2.05, 4.69) is 10.3 Å². The van der Waals surface area contributed by atoms with Crippen LogP contribution in [0.25, 0.3) is 10.9 Å². The molecular formula is C16H19ClN2O2S. The number of fused-ring (bicyclic) bond motifs is 1. The Morgan fingerprint density at radius 1 is 1.32 bits per heavy atom. The summed E-state index contributed by atoms with van der Waals surface area (Å²) in [7, 11) is -2.85. The lowest BCUT2D eigenvalue weighted by Crippen LogP contribution is -2.32. The Morgan fingerprint density at radius 2 is 2.18 bits per heavy atom. The topological polar surface area (TPSA) is 59.1 Å². The van der Waals surface area contributed by atoms with Gasteiger partial charge in [0.15, 0.2) is 9.84 Å². The molecule has 0 aliphatic carbocycles. The second kappa shape index (κ2) is 6.52. The molecule has 0 amide bonds. The first-order valence-electron chi connectivity index (χ1n) is 7.48. The molecule has 1 saturated heterocycles. The van der Waals surface area contributed by atoms with Crippen molar-refractivity contribution in [3.63, 3.8) is 0 Å². The maximum absolute atomic E-state index is 11.7. The maximum atomic E-state index is 11.7. The van der Waals surface area contributed by atoms with Crippen molar-refractivity contribution >= 4 is 32.3 Å². The number of sulfone groups is 1. The molecule has 1 aromatic carbocycles. The van der Waals surface area contributed by atoms with Crippen LogP contribution in [0.1, 0.15) is 18.4 Å². The molecular weight excluding hydrogens is 320 g/mol. The number of benzene rings is 1. The lowest BCUT2D eigenvalue weighted by atomic mass is 10.1. The number of rotatable bonds is 4. The van der Waals surface area contributed by atoms with Gasteiger partial charge in [-0.3, -0.25) is 4.98 Å². The molecule has 1 unspecified atom stereocenters. The van der Waals surface area contributed by atoms with Gasteiger partial charge in [-0.1, -0.05) is 23.7 Å². The number of nitrogens with zero attached hydrogens (tertiary/aromatic N) is 1. The van der Waals surface area contributed by atoms with Crippen LogP contribution >= 0.6 is 11.6 Å². The van der Waals surface area contributed by atoms with E-state index in [-0.39, 0.29) is 5.92 Å². The minimum atomic E-state index is -2.85. The molecule has 1 atom stereocenters. The van der Waals surface area contributed by atoms with E-state index in [9.17, 15) is 8.42 Å². The smallest absolute Gasteiger partial charge is 0.150 e. The van der Waals surface area contributed by atoms with Crippen molar-refractivity contribution < 1.29 is 8.42 Å². The van der Waals surface area contributed by atoms with Gasteiger partial charge in [0.1, 0.15) is 0 Å². The van der Waals surface area contributed by atoms with Crippen LogP contribution in [0, 0.1) is 5.92 Å². The summed E-state index contributed by atoms with van der Waals surface area (Å²) in [5.41, 5.74) is 1.87. The fourth-order valence-electron chi connectivity index (χ4n) is 3.03. The first kappa shape index (κ1) is 15.7. The Labute approximate surface area is 135 Å². The summed E-state index contributed by atoms with van der Waals surface area (Å²) in [4.78, 5) is 4.41. The van der Waals surface area contributed by atoms with E-state index in [4.69, 9.17) is 11.6 Å². The number of nitrogens with one attached hydrogen (secondary N) is 1. The summed E-state index contributed by atoms with van der Waals surface area (Å²) in [5.74, 6) is 0.824. The summed E-state index contributed by atoms with van der Waals surface area (Å²) in [5, 5.41) is 5.10. The zero-order valence-electron chi connectivity index (χ0n) is 12.3. The Morgan fingerprint density at radius 3 is 3.00 bits per heavy atom. The fourth-order valence-corrected chi connectivity index (χ4v) is 5.02. The zero-order valence-corrected chi connectivity index (χ0v) is 13.8. The lowest BCUT2D eigenvalue weighted by Gasteiger charge is -2.22. The van der Waals surface area contributed by atoms with Crippen molar-refractivity contribution in [1.82, 2.24) is 10.3 Å². The van der Waals surface area contributed by atoms with Crippen molar-refractivity contribution in [2.75, 3.05) is 18.1 Å². The standard InChI is InChI=1S/C16H19ClN2O2S/c17-15-6-5-13-4-1-7-19-16(13)14(15)10-18-9-12-3-2-8-22(20,21)11-12/h1,4-7,12,18H,2-3,8-11H2. The van der Waals surface area contributed by atoms with E-state index in [0.29, 0.717) is 29.6 Å². The highest BCUT2D eigenvalue weighted by Gasteiger charge is 2.24. The van der Waals surface area contributed by atoms with Gasteiger partial charge in [0.2, 0.25) is 0 Å². The largest absolute Gasteiger partial charge is 0.312 e. The van der Waals surface area contributed by atoms with Gasteiger partial charge in [0.25, 0.3) is 0 Å². The fraction of sp³-hybridized carbons (Fsp3) is 0.438. The highest BCUT2D eigenvalue weighted by atomic mass is 35.5. The summed E-state index contributed by atoms with van der Waals surface area (Å²) >= 11 is 6.29. The summed E-state index contributed by atoms with van der Waals surface area (Å²) in [6, 6.07) is 7.76. The Kier molecular flexibility index (Phi) is 4.66. The molecule has 6 heteroatoms. The number of hydrogen-bond acceptors (Lipinski definition) is 4. The molecule has 0 saturated carbocycles. The average molecular weight is 339 g/mol. The van der Waals surface area contributed by atoms with Crippen molar-refractivity contribution in [2.24, 2.45) is 5.92 Å². The third-order valence-corrected chi connectivity index (χ3v) is 6.36. The molecule has 2 aromatic rings. The highest BCUT2D eigenvalue weighted by Crippen LogP contribution is 2.24. The van der Waals surface area contributed by atoms with Gasteiger partial charge in [0, 0.05) is 28.7 Å². The van der Waals surface area contributed by atoms with Crippen LogP contribution in [0.3, 0.4) is 0 Å². The zero-order chi connectivity index (χ0) is 15.6. The minimum absolute atomic E-state index is 0.195. The predicted molar refractivity (Wildman–Crippen MR) is 89.8 cm³/mol. The maximum Gasteiger partial charge on any atom is 0.150 e. The van der Waals surface area contributed by atoms with Gasteiger partial charge in [-0.25, -0.2) is 8.42 Å². The molecule has 4 nitrogen and oxygen atoms in total. The van der Waals surface area contributed by atoms with E-state index in [1.165, 1.54) is 0 Å². The predicted octanol–water partition coefficient (Wildman–Crippen LogP) is 2.80. The van der Waals surface area contributed by atoms with Gasteiger partial charge in [-0.15, -0.1) is 0 Å². The molecule has 22 heavy (non-hydrogen) atoms. The van der Waals surface area contributed by atoms with Crippen molar-refractivity contribution in [3.8, 4) is 0 Å². The van der Waals surface area contributed by atoms with E-state index >= 15 is 0 Å². The van der Waals surface area contributed by atoms with Crippen LogP contribution < -0.4 is 5.32 Å². The number of aromatic nitrogens is 1. The van der Waals surface area contributed by atoms with E-state index < -0.39 is 9.84 Å². The van der Waals surface area contributed by atoms with Crippen LogP contribution in [0.5, 0.6) is 0 Å². The van der Waals surface area contributed by atoms with E-state index in [1.807, 2.05) is 24.3 Å². The van der Waals surface area contributed by atoms with Crippen LogP contribution in [0.2, 0.25) is 5.02 Å². The molecule has 1 N–H and O–H groups in total. The van der Waals surface area contributed by atoms with Crippen LogP contribution in [0.15, 0.2) is 30.5 Å². The van der Waals surface area contributed by atoms with E-state index in [0.717, 1.165) is 29.3 Å². The molecule has 118 valence electrons. The summed E-state index contributed by atoms with van der Waals surface area (Å²) in [6.07, 6.45) is 3.49. The lowest BCUT2D eigenvalue weighted by molar-refractivity contribution is 0.453. The van der Waals surface area contributed by atoms with Gasteiger partial charge in [-0.2, -0.15) is 0 Å². The average Bonchev–Trinajstić information content (AvgIpc) is 2.48. The summed E-state index contributed by atoms with van der Waals surface area (Å²) in [6.45, 7) is 1.29. The number of pyridine rings is 1. The Balaban J connectivity index is 1.68. The van der Waals surface area contributed by atoms with Crippen molar-refractivity contribution in [3.05, 3.63) is 41.0 Å². The highest BCUT2D eigenvalue weighted by molar-refractivity contribution is 7.91. The van der Waals surface area contributed by atoms with Gasteiger partial charge >= 0.3 is 0 Å². The SMILES string of the molecule is O=S1(=O)CCCC(CNCc2c(Cl)ccc3cccnc23)C1. The first-order chi connectivity index (χ1) is 10.6. The Bertz CT molecular complexity index is 777. The first-order valence-corrected chi connectivity index (χ1v) is 9.68. The third kappa shape index (κ3) is 3.59. The molecule has 0 radical (unpaired) electrons.